The van der Waals surface area contributed by atoms with E-state index in [-0.39, 0.29) is 46.4 Å². The van der Waals surface area contributed by atoms with Gasteiger partial charge in [0.05, 0.1) is 16.7 Å². The van der Waals surface area contributed by atoms with Crippen LogP contribution in [0.4, 0.5) is 0 Å². The molecule has 6 heteroatoms. The van der Waals surface area contributed by atoms with Crippen molar-refractivity contribution in [3.63, 3.8) is 0 Å². The van der Waals surface area contributed by atoms with E-state index in [1.54, 1.807) is 11.8 Å². The van der Waals surface area contributed by atoms with E-state index in [2.05, 4.69) is 47.9 Å². The van der Waals surface area contributed by atoms with Crippen LogP contribution in [-0.4, -0.2) is 40.8 Å². The third-order valence-corrected chi connectivity index (χ3v) is 7.83. The molecular weight excluding hydrogens is 368 g/mol. The molecule has 0 bridgehead atoms. The Kier molecular flexibility index (Phi) is 5.08. The highest BCUT2D eigenvalue weighted by atomic mass is 35.5. The number of fused-ring (bicyclic) bond motifs is 3. The summed E-state index contributed by atoms with van der Waals surface area (Å²) in [5.41, 5.74) is 2.35. The highest BCUT2D eigenvalue weighted by molar-refractivity contribution is 8.03. The first-order valence-electron chi connectivity index (χ1n) is 9.23. The summed E-state index contributed by atoms with van der Waals surface area (Å²) in [7, 11) is 1.95. The summed E-state index contributed by atoms with van der Waals surface area (Å²) in [6.07, 6.45) is 2.13. The predicted molar refractivity (Wildman–Crippen MR) is 106 cm³/mol. The lowest BCUT2D eigenvalue weighted by atomic mass is 9.63. The average Bonchev–Trinajstić information content (AvgIpc) is 3.13. The van der Waals surface area contributed by atoms with Crippen molar-refractivity contribution in [1.82, 2.24) is 10.6 Å². The minimum atomic E-state index is -0.499. The number of piperidine rings is 1. The van der Waals surface area contributed by atoms with Crippen molar-refractivity contribution in [1.29, 1.82) is 0 Å². The van der Waals surface area contributed by atoms with Crippen LogP contribution >= 0.6 is 23.4 Å². The number of hydrogen-bond acceptors (Lipinski definition) is 4. The maximum atomic E-state index is 12.5. The third-order valence-electron chi connectivity index (χ3n) is 6.24. The Hall–Kier alpha value is -1.01. The van der Waals surface area contributed by atoms with Gasteiger partial charge >= 0.3 is 0 Å². The number of carbonyl (C=O) groups excluding carboxylic acids is 1. The van der Waals surface area contributed by atoms with Gasteiger partial charge < -0.3 is 15.7 Å². The fourth-order valence-corrected chi connectivity index (χ4v) is 6.25. The molecule has 26 heavy (non-hydrogen) atoms. The monoisotopic (exact) mass is 392 g/mol. The summed E-state index contributed by atoms with van der Waals surface area (Å²) in [5, 5.41) is 19.0. The largest absolute Gasteiger partial charge is 0.392 e. The number of rotatable bonds is 3. The van der Waals surface area contributed by atoms with E-state index in [4.69, 9.17) is 11.6 Å². The van der Waals surface area contributed by atoms with Gasteiger partial charge in [0.25, 0.3) is 0 Å². The third kappa shape index (κ3) is 2.99. The normalized spacial score (nSPS) is 39.8. The minimum absolute atomic E-state index is 0.0228. The first kappa shape index (κ1) is 18.4. The second-order valence-electron chi connectivity index (χ2n) is 7.60. The fraction of sp³-hybridized carbons (Fsp3) is 0.550. The first-order valence-corrected chi connectivity index (χ1v) is 10.6. The molecule has 1 aromatic carbocycles. The van der Waals surface area contributed by atoms with E-state index in [9.17, 15) is 9.90 Å². The number of nitrogens with one attached hydrogen (secondary N) is 2. The van der Waals surface area contributed by atoms with Crippen molar-refractivity contribution in [3.8, 4) is 0 Å². The predicted octanol–water partition coefficient (Wildman–Crippen LogP) is 2.78. The van der Waals surface area contributed by atoms with Gasteiger partial charge in [0.15, 0.2) is 0 Å². The molecule has 1 aromatic rings. The van der Waals surface area contributed by atoms with Gasteiger partial charge in [-0.3, -0.25) is 4.79 Å². The molecule has 3 aliphatic rings. The molecule has 1 saturated heterocycles. The molecule has 2 fully saturated rings. The van der Waals surface area contributed by atoms with Crippen molar-refractivity contribution in [2.75, 3.05) is 7.05 Å². The first-order chi connectivity index (χ1) is 12.5. The Balaban J connectivity index is 1.69. The second-order valence-corrected chi connectivity index (χ2v) is 9.21. The SMILES string of the molecule is CN[C@H](C)c1ccc(C2C(O)CC(Cl)C3NC(=O)C4SC=CC4C32)cc1. The molecule has 140 valence electrons. The molecule has 0 spiro atoms. The lowest BCUT2D eigenvalue weighted by Gasteiger charge is -2.50. The number of carbonyl (C=O) groups is 1. The van der Waals surface area contributed by atoms with Gasteiger partial charge in [0, 0.05) is 23.9 Å². The quantitative estimate of drug-likeness (QED) is 0.692. The van der Waals surface area contributed by atoms with Crippen LogP contribution in [0.2, 0.25) is 0 Å². The second kappa shape index (κ2) is 7.19. The number of aliphatic hydroxyl groups excluding tert-OH is 1. The Bertz CT molecular complexity index is 710. The highest BCUT2D eigenvalue weighted by Gasteiger charge is 2.54. The summed E-state index contributed by atoms with van der Waals surface area (Å²) >= 11 is 8.14. The summed E-state index contributed by atoms with van der Waals surface area (Å²) < 4.78 is 0. The Morgan fingerprint density at radius 3 is 2.77 bits per heavy atom. The maximum Gasteiger partial charge on any atom is 0.234 e. The molecular formula is C20H25ClN2O2S. The Labute approximate surface area is 163 Å². The van der Waals surface area contributed by atoms with E-state index >= 15 is 0 Å². The molecule has 2 aliphatic heterocycles. The molecule has 7 unspecified atom stereocenters. The van der Waals surface area contributed by atoms with Gasteiger partial charge in [-0.2, -0.15) is 0 Å². The van der Waals surface area contributed by atoms with Crippen LogP contribution in [0.3, 0.4) is 0 Å². The smallest absolute Gasteiger partial charge is 0.234 e. The molecule has 0 radical (unpaired) electrons. The number of alkyl halides is 1. The van der Waals surface area contributed by atoms with Crippen molar-refractivity contribution in [2.24, 2.45) is 11.8 Å². The summed E-state index contributed by atoms with van der Waals surface area (Å²) in [5.74, 6) is 0.286. The molecule has 8 atom stereocenters. The molecule has 1 aliphatic carbocycles. The van der Waals surface area contributed by atoms with Crippen LogP contribution in [0.1, 0.15) is 36.4 Å². The molecule has 4 nitrogen and oxygen atoms in total. The van der Waals surface area contributed by atoms with Gasteiger partial charge in [-0.1, -0.05) is 30.3 Å². The van der Waals surface area contributed by atoms with Crippen LogP contribution in [0, 0.1) is 11.8 Å². The van der Waals surface area contributed by atoms with Gasteiger partial charge in [0.2, 0.25) is 5.91 Å². The molecule has 1 amide bonds. The molecule has 0 aromatic heterocycles. The number of benzene rings is 1. The highest BCUT2D eigenvalue weighted by Crippen LogP contribution is 2.51. The van der Waals surface area contributed by atoms with Crippen LogP contribution < -0.4 is 10.6 Å². The van der Waals surface area contributed by atoms with Gasteiger partial charge in [-0.05, 0) is 42.8 Å². The van der Waals surface area contributed by atoms with Crippen LogP contribution in [0.15, 0.2) is 35.7 Å². The van der Waals surface area contributed by atoms with Crippen molar-refractivity contribution >= 4 is 29.3 Å². The Morgan fingerprint density at radius 2 is 2.08 bits per heavy atom. The Morgan fingerprint density at radius 1 is 1.35 bits per heavy atom. The zero-order valence-corrected chi connectivity index (χ0v) is 16.5. The summed E-state index contributed by atoms with van der Waals surface area (Å²) in [4.78, 5) is 12.5. The van der Waals surface area contributed by atoms with E-state index < -0.39 is 6.10 Å². The maximum absolute atomic E-state index is 12.5. The standard InChI is InChI=1S/C20H25ClN2O2S/c1-10(22-2)11-3-5-12(6-4-11)16-15(24)9-14(21)18-17(16)13-7-8-26-19(13)20(25)23-18/h3-8,10,13-19,22,24H,9H2,1-2H3,(H,23,25)/t10-,13?,14?,15?,16?,17?,18?,19?/m1/s1. The topological polar surface area (TPSA) is 61.4 Å². The number of aliphatic hydroxyl groups is 1. The number of thioether (sulfide) groups is 1. The number of amides is 1. The minimum Gasteiger partial charge on any atom is -0.392 e. The lowest BCUT2D eigenvalue weighted by Crippen LogP contribution is -2.63. The number of hydrogen-bond donors (Lipinski definition) is 3. The van der Waals surface area contributed by atoms with Gasteiger partial charge in [0.1, 0.15) is 0 Å². The van der Waals surface area contributed by atoms with Crippen molar-refractivity contribution in [2.45, 2.75) is 48.1 Å². The fourth-order valence-electron chi connectivity index (χ4n) is 4.75. The van der Waals surface area contributed by atoms with Gasteiger partial charge in [-0.15, -0.1) is 23.4 Å². The summed E-state index contributed by atoms with van der Waals surface area (Å²) in [6.45, 7) is 2.13. The molecule has 4 rings (SSSR count). The van der Waals surface area contributed by atoms with Crippen LogP contribution in [0.5, 0.6) is 0 Å². The summed E-state index contributed by atoms with van der Waals surface area (Å²) in [6, 6.07) is 8.69. The van der Waals surface area contributed by atoms with E-state index in [1.165, 1.54) is 5.56 Å². The zero-order valence-electron chi connectivity index (χ0n) is 14.9. The van der Waals surface area contributed by atoms with Crippen molar-refractivity contribution < 1.29 is 9.90 Å². The van der Waals surface area contributed by atoms with E-state index in [1.807, 2.05) is 12.5 Å². The van der Waals surface area contributed by atoms with E-state index in [0.29, 0.717) is 6.42 Å². The zero-order chi connectivity index (χ0) is 18.4. The number of halogens is 1. The van der Waals surface area contributed by atoms with Crippen molar-refractivity contribution in [3.05, 3.63) is 46.9 Å². The van der Waals surface area contributed by atoms with E-state index in [0.717, 1.165) is 5.56 Å². The van der Waals surface area contributed by atoms with Gasteiger partial charge in [-0.25, -0.2) is 0 Å². The molecule has 3 N–H and O–H groups in total. The van der Waals surface area contributed by atoms with Crippen LogP contribution in [0.25, 0.3) is 0 Å². The van der Waals surface area contributed by atoms with Crippen LogP contribution in [-0.2, 0) is 4.79 Å². The average molecular weight is 393 g/mol. The molecule has 2 heterocycles. The molecule has 1 saturated carbocycles. The lowest BCUT2D eigenvalue weighted by molar-refractivity contribution is -0.126. The number of allylic oxidation sites excluding steroid dienone is 1.